The van der Waals surface area contributed by atoms with Gasteiger partial charge in [0.05, 0.1) is 25.3 Å². The molecule has 196 valence electrons. The monoisotopic (exact) mass is 525 g/mol. The molecular formula is C29H32ClNO6. The number of halogens is 1. The van der Waals surface area contributed by atoms with E-state index < -0.39 is 11.9 Å². The van der Waals surface area contributed by atoms with Crippen LogP contribution in [-0.4, -0.2) is 38.7 Å². The summed E-state index contributed by atoms with van der Waals surface area (Å²) in [6.45, 7) is 3.10. The van der Waals surface area contributed by atoms with Crippen LogP contribution in [0.4, 0.5) is 0 Å². The molecule has 1 unspecified atom stereocenters. The van der Waals surface area contributed by atoms with E-state index in [1.54, 1.807) is 68.8 Å². The quantitative estimate of drug-likeness (QED) is 0.295. The zero-order valence-electron chi connectivity index (χ0n) is 21.2. The lowest BCUT2D eigenvalue weighted by Gasteiger charge is -2.27. The van der Waals surface area contributed by atoms with Crippen molar-refractivity contribution in [2.75, 3.05) is 20.8 Å². The van der Waals surface area contributed by atoms with Gasteiger partial charge in [-0.25, -0.2) is 9.59 Å². The summed E-state index contributed by atoms with van der Waals surface area (Å²) in [7, 11) is 3.13. The zero-order chi connectivity index (χ0) is 25.5. The number of esters is 2. The van der Waals surface area contributed by atoms with Crippen LogP contribution in [0.3, 0.4) is 0 Å². The molecule has 0 spiro atoms. The van der Waals surface area contributed by atoms with E-state index in [-0.39, 0.29) is 18.2 Å². The highest BCUT2D eigenvalue weighted by Gasteiger charge is 2.27. The fourth-order valence-corrected chi connectivity index (χ4v) is 4.28. The van der Waals surface area contributed by atoms with Gasteiger partial charge >= 0.3 is 11.9 Å². The van der Waals surface area contributed by atoms with E-state index in [2.05, 4.69) is 12.2 Å². The van der Waals surface area contributed by atoms with Crippen molar-refractivity contribution in [1.29, 1.82) is 0 Å². The van der Waals surface area contributed by atoms with Crippen LogP contribution in [0, 0.1) is 0 Å². The summed E-state index contributed by atoms with van der Waals surface area (Å²) >= 11 is 0. The Balaban J connectivity index is 0.00000380. The van der Waals surface area contributed by atoms with Gasteiger partial charge in [-0.3, -0.25) is 0 Å². The van der Waals surface area contributed by atoms with Gasteiger partial charge in [-0.2, -0.15) is 0 Å². The highest BCUT2D eigenvalue weighted by molar-refractivity contribution is 5.93. The van der Waals surface area contributed by atoms with Crippen LogP contribution in [0.25, 0.3) is 0 Å². The van der Waals surface area contributed by atoms with Gasteiger partial charge in [0.1, 0.15) is 11.5 Å². The minimum absolute atomic E-state index is 0. The van der Waals surface area contributed by atoms with Gasteiger partial charge in [-0.05, 0) is 92.4 Å². The number of carbonyl (C=O) groups is 2. The highest BCUT2D eigenvalue weighted by Crippen LogP contribution is 2.39. The van der Waals surface area contributed by atoms with Crippen molar-refractivity contribution in [1.82, 2.24) is 5.32 Å². The predicted octanol–water partition coefficient (Wildman–Crippen LogP) is 5.42. The fourth-order valence-electron chi connectivity index (χ4n) is 4.28. The Hall–Kier alpha value is -3.55. The maximum Gasteiger partial charge on any atom is 0.343 e. The highest BCUT2D eigenvalue weighted by atomic mass is 35.5. The number of hydrogen-bond acceptors (Lipinski definition) is 7. The molecule has 3 aromatic carbocycles. The van der Waals surface area contributed by atoms with Crippen LogP contribution in [0.15, 0.2) is 60.7 Å². The van der Waals surface area contributed by atoms with Crippen LogP contribution in [0.2, 0.25) is 0 Å². The normalized spacial score (nSPS) is 14.1. The maximum absolute atomic E-state index is 13.1. The maximum atomic E-state index is 13.1. The second-order valence-corrected chi connectivity index (χ2v) is 8.66. The summed E-state index contributed by atoms with van der Waals surface area (Å²) in [5, 5.41) is 3.57. The summed E-state index contributed by atoms with van der Waals surface area (Å²) < 4.78 is 22.0. The van der Waals surface area contributed by atoms with Crippen molar-refractivity contribution in [3.63, 3.8) is 0 Å². The molecule has 0 amide bonds. The van der Waals surface area contributed by atoms with Gasteiger partial charge in [0.2, 0.25) is 0 Å². The smallest absolute Gasteiger partial charge is 0.343 e. The number of nitrogens with one attached hydrogen (secondary N) is 1. The SMILES string of the molecule is CCCNC1CCc2c(ccc(OC(=O)c3ccc(OC)cc3)c2OC(=O)c2ccc(OC)cc2)C1.Cl. The van der Waals surface area contributed by atoms with E-state index in [9.17, 15) is 9.59 Å². The molecule has 0 bridgehead atoms. The molecule has 0 saturated carbocycles. The molecule has 0 radical (unpaired) electrons. The van der Waals surface area contributed by atoms with E-state index in [4.69, 9.17) is 18.9 Å². The van der Waals surface area contributed by atoms with Crippen molar-refractivity contribution in [3.05, 3.63) is 82.9 Å². The molecule has 0 fully saturated rings. The van der Waals surface area contributed by atoms with E-state index in [0.717, 1.165) is 36.9 Å². The standard InChI is InChI=1S/C29H31NO6.ClH/c1-4-17-30-22-10-15-25-21(18-22)9-16-26(35-28(31)19-5-11-23(33-2)12-6-19)27(25)36-29(32)20-7-13-24(34-3)14-8-20;/h5-9,11-14,16,22,30H,4,10,15,17-18H2,1-3H3;1H. The Morgan fingerprint density at radius 1 is 0.838 bits per heavy atom. The fraction of sp³-hybridized carbons (Fsp3) is 0.310. The molecule has 1 atom stereocenters. The number of rotatable bonds is 9. The zero-order valence-corrected chi connectivity index (χ0v) is 22.1. The first-order valence-electron chi connectivity index (χ1n) is 12.1. The number of benzene rings is 3. The Bertz CT molecular complexity index is 1210. The largest absolute Gasteiger partial charge is 0.497 e. The lowest BCUT2D eigenvalue weighted by Crippen LogP contribution is -2.35. The van der Waals surface area contributed by atoms with E-state index in [0.29, 0.717) is 40.8 Å². The number of fused-ring (bicyclic) bond motifs is 1. The molecule has 0 saturated heterocycles. The number of ether oxygens (including phenoxy) is 4. The molecule has 1 aliphatic carbocycles. The minimum atomic E-state index is -0.544. The second-order valence-electron chi connectivity index (χ2n) is 8.66. The van der Waals surface area contributed by atoms with Gasteiger partial charge in [0.25, 0.3) is 0 Å². The van der Waals surface area contributed by atoms with E-state index >= 15 is 0 Å². The van der Waals surface area contributed by atoms with Crippen LogP contribution >= 0.6 is 12.4 Å². The molecule has 1 aliphatic rings. The van der Waals surface area contributed by atoms with Gasteiger partial charge in [-0.15, -0.1) is 12.4 Å². The molecule has 1 N–H and O–H groups in total. The average Bonchev–Trinajstić information content (AvgIpc) is 2.92. The van der Waals surface area contributed by atoms with E-state index in [1.807, 2.05) is 6.07 Å². The van der Waals surface area contributed by atoms with Gasteiger partial charge < -0.3 is 24.3 Å². The molecule has 0 aliphatic heterocycles. The van der Waals surface area contributed by atoms with Gasteiger partial charge in [0.15, 0.2) is 11.5 Å². The third-order valence-corrected chi connectivity index (χ3v) is 6.26. The molecule has 4 rings (SSSR count). The summed E-state index contributed by atoms with van der Waals surface area (Å²) in [6.07, 6.45) is 3.48. The molecule has 8 heteroatoms. The predicted molar refractivity (Wildman–Crippen MR) is 144 cm³/mol. The molecule has 0 heterocycles. The van der Waals surface area contributed by atoms with Crippen molar-refractivity contribution < 1.29 is 28.5 Å². The van der Waals surface area contributed by atoms with Crippen molar-refractivity contribution in [2.24, 2.45) is 0 Å². The van der Waals surface area contributed by atoms with E-state index in [1.165, 1.54) is 0 Å². The van der Waals surface area contributed by atoms with Crippen molar-refractivity contribution in [3.8, 4) is 23.0 Å². The summed E-state index contributed by atoms with van der Waals surface area (Å²) in [5.41, 5.74) is 2.71. The van der Waals surface area contributed by atoms with Crippen LogP contribution in [0.5, 0.6) is 23.0 Å². The molecule has 0 aromatic heterocycles. The third-order valence-electron chi connectivity index (χ3n) is 6.26. The third kappa shape index (κ3) is 6.81. The summed E-state index contributed by atoms with van der Waals surface area (Å²) in [5.74, 6) is 0.723. The second kappa shape index (κ2) is 13.1. The minimum Gasteiger partial charge on any atom is -0.497 e. The lowest BCUT2D eigenvalue weighted by atomic mass is 9.87. The van der Waals surface area contributed by atoms with Crippen molar-refractivity contribution in [2.45, 2.75) is 38.6 Å². The number of carbonyl (C=O) groups excluding carboxylic acids is 2. The Kier molecular flexibility index (Phi) is 9.94. The molecule has 7 nitrogen and oxygen atoms in total. The molecule has 3 aromatic rings. The molecular weight excluding hydrogens is 494 g/mol. The Labute approximate surface area is 223 Å². The van der Waals surface area contributed by atoms with Crippen LogP contribution < -0.4 is 24.3 Å². The average molecular weight is 526 g/mol. The molecule has 37 heavy (non-hydrogen) atoms. The summed E-state index contributed by atoms with van der Waals surface area (Å²) in [4.78, 5) is 26.0. The summed E-state index contributed by atoms with van der Waals surface area (Å²) in [6, 6.07) is 17.4. The van der Waals surface area contributed by atoms with Crippen molar-refractivity contribution >= 4 is 24.3 Å². The van der Waals surface area contributed by atoms with Crippen LogP contribution in [-0.2, 0) is 12.8 Å². The first kappa shape index (κ1) is 28.0. The topological polar surface area (TPSA) is 83.1 Å². The first-order chi connectivity index (χ1) is 17.5. The lowest BCUT2D eigenvalue weighted by molar-refractivity contribution is 0.0680. The first-order valence-corrected chi connectivity index (χ1v) is 12.1. The Morgan fingerprint density at radius 3 is 1.95 bits per heavy atom. The van der Waals surface area contributed by atoms with Gasteiger partial charge in [0, 0.05) is 11.6 Å². The van der Waals surface area contributed by atoms with Gasteiger partial charge in [-0.1, -0.05) is 13.0 Å². The Morgan fingerprint density at radius 2 is 1.41 bits per heavy atom. The number of hydrogen-bond donors (Lipinski definition) is 1. The number of methoxy groups -OCH3 is 2. The van der Waals surface area contributed by atoms with Crippen LogP contribution in [0.1, 0.15) is 51.6 Å².